The lowest BCUT2D eigenvalue weighted by Crippen LogP contribution is -2.31. The van der Waals surface area contributed by atoms with E-state index in [1.807, 2.05) is 13.0 Å². The molecule has 1 N–H and O–H groups in total. The van der Waals surface area contributed by atoms with Gasteiger partial charge in [0.1, 0.15) is 35.1 Å². The molecule has 0 aliphatic carbocycles. The van der Waals surface area contributed by atoms with Crippen molar-refractivity contribution in [3.05, 3.63) is 89.5 Å². The fraction of sp³-hybridized carbons (Fsp3) is 0.167. The number of nitrogens with zero attached hydrogens (tertiary/aromatic N) is 5. The zero-order valence-corrected chi connectivity index (χ0v) is 24.8. The Morgan fingerprint density at radius 2 is 1.80 bits per heavy atom. The highest BCUT2D eigenvalue weighted by Crippen LogP contribution is 2.35. The van der Waals surface area contributed by atoms with Crippen molar-refractivity contribution >= 4 is 52.4 Å². The molecular weight excluding hydrogens is 635 g/mol. The van der Waals surface area contributed by atoms with Gasteiger partial charge in [0.15, 0.2) is 11.0 Å². The second-order valence-corrected chi connectivity index (χ2v) is 10.5. The van der Waals surface area contributed by atoms with Crippen molar-refractivity contribution in [1.82, 2.24) is 14.8 Å². The van der Waals surface area contributed by atoms with Gasteiger partial charge in [-0.25, -0.2) is 23.2 Å². The number of amides is 3. The number of alkyl halides is 3. The molecule has 4 aromatic rings. The number of halogens is 5. The number of anilines is 2. The molecule has 0 bridgehead atoms. The van der Waals surface area contributed by atoms with Gasteiger partial charge < -0.3 is 14.8 Å². The molecule has 3 aromatic carbocycles. The number of rotatable bonds is 8. The number of carbonyl (C=O) groups excluding carboxylic acids is 2. The van der Waals surface area contributed by atoms with Crippen LogP contribution < -0.4 is 19.7 Å². The van der Waals surface area contributed by atoms with Crippen LogP contribution in [0.25, 0.3) is 17.8 Å². The number of benzene rings is 3. The van der Waals surface area contributed by atoms with E-state index in [0.29, 0.717) is 23.7 Å². The normalized spacial score (nSPS) is 14.4. The summed E-state index contributed by atoms with van der Waals surface area (Å²) in [6.07, 6.45) is -0.831. The monoisotopic (exact) mass is 658 g/mol. The molecule has 238 valence electrons. The van der Waals surface area contributed by atoms with Crippen molar-refractivity contribution in [2.24, 2.45) is 4.99 Å². The number of hydrogen-bond donors (Lipinski definition) is 1. The lowest BCUT2D eigenvalue weighted by atomic mass is 10.1. The summed E-state index contributed by atoms with van der Waals surface area (Å²) < 4.78 is 77.7. The van der Waals surface area contributed by atoms with Gasteiger partial charge >= 0.3 is 12.4 Å². The molecule has 16 heteroatoms. The van der Waals surface area contributed by atoms with Gasteiger partial charge in [0, 0.05) is 0 Å². The first-order chi connectivity index (χ1) is 21.9. The molecular formula is C30H23F5N6O4S. The summed E-state index contributed by atoms with van der Waals surface area (Å²) in [5.41, 5.74) is 0.959. The minimum absolute atomic E-state index is 0.00563. The van der Waals surface area contributed by atoms with Gasteiger partial charge in [-0.05, 0) is 79.6 Å². The van der Waals surface area contributed by atoms with Gasteiger partial charge in [-0.1, -0.05) is 23.9 Å². The summed E-state index contributed by atoms with van der Waals surface area (Å²) in [5, 5.41) is 6.28. The van der Waals surface area contributed by atoms with Gasteiger partial charge in [-0.2, -0.15) is 4.99 Å². The average molecular weight is 659 g/mol. The number of aryl methyl sites for hydroxylation is 1. The molecule has 1 fully saturated rings. The quantitative estimate of drug-likeness (QED) is 0.203. The van der Waals surface area contributed by atoms with Crippen LogP contribution in [0.1, 0.15) is 23.9 Å². The van der Waals surface area contributed by atoms with E-state index in [-0.39, 0.29) is 28.2 Å². The molecule has 3 amide bonds. The summed E-state index contributed by atoms with van der Waals surface area (Å²) in [4.78, 5) is 34.6. The Bertz CT molecular complexity index is 1820. The maximum absolute atomic E-state index is 14.9. The van der Waals surface area contributed by atoms with Crippen LogP contribution in [0.15, 0.2) is 65.9 Å². The minimum atomic E-state index is -4.82. The Labute approximate surface area is 262 Å². The number of aromatic nitrogens is 3. The summed E-state index contributed by atoms with van der Waals surface area (Å²) in [6.45, 7) is 3.95. The molecule has 0 radical (unpaired) electrons. The first-order valence-electron chi connectivity index (χ1n) is 13.4. The van der Waals surface area contributed by atoms with Crippen LogP contribution in [-0.4, -0.2) is 50.6 Å². The Morgan fingerprint density at radius 3 is 2.48 bits per heavy atom. The molecule has 5 rings (SSSR count). The smallest absolute Gasteiger partial charge is 0.492 e. The van der Waals surface area contributed by atoms with E-state index in [1.165, 1.54) is 40.2 Å². The van der Waals surface area contributed by atoms with Crippen LogP contribution in [0.2, 0.25) is 0 Å². The topological polar surface area (TPSA) is 111 Å². The van der Waals surface area contributed by atoms with E-state index in [0.717, 1.165) is 41.6 Å². The largest absolute Gasteiger partial charge is 0.573 e. The maximum atomic E-state index is 14.9. The van der Waals surface area contributed by atoms with Crippen molar-refractivity contribution in [1.29, 1.82) is 0 Å². The van der Waals surface area contributed by atoms with E-state index in [1.54, 1.807) is 19.1 Å². The molecule has 1 saturated heterocycles. The van der Waals surface area contributed by atoms with Crippen LogP contribution in [-0.2, 0) is 4.79 Å². The Morgan fingerprint density at radius 1 is 1.09 bits per heavy atom. The van der Waals surface area contributed by atoms with E-state index in [2.05, 4.69) is 25.1 Å². The summed E-state index contributed by atoms with van der Waals surface area (Å²) in [7, 11) is 0. The van der Waals surface area contributed by atoms with Gasteiger partial charge in [-0.3, -0.25) is 9.69 Å². The number of nitrogens with one attached hydrogen (secondary N) is 1. The molecule has 0 saturated carbocycles. The van der Waals surface area contributed by atoms with Gasteiger partial charge in [0.25, 0.3) is 0 Å². The first-order valence-corrected chi connectivity index (χ1v) is 14.4. The number of urea groups is 1. The van der Waals surface area contributed by atoms with E-state index >= 15 is 0 Å². The number of hydrogen-bond acceptors (Lipinski definition) is 7. The van der Waals surface area contributed by atoms with Crippen molar-refractivity contribution in [3.63, 3.8) is 0 Å². The van der Waals surface area contributed by atoms with Crippen molar-refractivity contribution in [2.45, 2.75) is 20.2 Å². The molecule has 10 nitrogen and oxygen atoms in total. The van der Waals surface area contributed by atoms with Crippen molar-refractivity contribution < 1.29 is 41.0 Å². The minimum Gasteiger partial charge on any atom is -0.492 e. The van der Waals surface area contributed by atoms with Crippen molar-refractivity contribution in [2.75, 3.05) is 22.6 Å². The number of amidine groups is 1. The molecule has 46 heavy (non-hydrogen) atoms. The molecule has 2 heterocycles. The van der Waals surface area contributed by atoms with E-state index < -0.39 is 35.5 Å². The van der Waals surface area contributed by atoms with E-state index in [9.17, 15) is 31.5 Å². The Hall–Kier alpha value is -5.25. The van der Waals surface area contributed by atoms with Crippen LogP contribution in [0.4, 0.5) is 38.1 Å². The van der Waals surface area contributed by atoms with Gasteiger partial charge in [0.05, 0.1) is 23.7 Å². The lowest BCUT2D eigenvalue weighted by molar-refractivity contribution is -0.274. The molecule has 0 unspecified atom stereocenters. The highest BCUT2D eigenvalue weighted by atomic mass is 32.2. The number of ether oxygens (including phenoxy) is 2. The fourth-order valence-corrected chi connectivity index (χ4v) is 5.10. The summed E-state index contributed by atoms with van der Waals surface area (Å²) in [6, 6.07) is 11.0. The second-order valence-electron chi connectivity index (χ2n) is 9.53. The van der Waals surface area contributed by atoms with Crippen LogP contribution in [0.3, 0.4) is 0 Å². The van der Waals surface area contributed by atoms with Gasteiger partial charge in [-0.15, -0.1) is 18.3 Å². The van der Waals surface area contributed by atoms with E-state index in [4.69, 9.17) is 4.74 Å². The predicted molar refractivity (Wildman–Crippen MR) is 162 cm³/mol. The summed E-state index contributed by atoms with van der Waals surface area (Å²) in [5.74, 6) is -2.36. The highest BCUT2D eigenvalue weighted by molar-refractivity contribution is 8.15. The Balaban J connectivity index is 1.28. The van der Waals surface area contributed by atoms with Crippen LogP contribution in [0.5, 0.6) is 11.5 Å². The molecule has 1 aliphatic rings. The maximum Gasteiger partial charge on any atom is 0.573 e. The first kappa shape index (κ1) is 32.2. The fourth-order valence-electron chi connectivity index (χ4n) is 4.24. The molecule has 1 aromatic heterocycles. The molecule has 1 aliphatic heterocycles. The lowest BCUT2D eigenvalue weighted by Gasteiger charge is -2.20. The second kappa shape index (κ2) is 13.4. The predicted octanol–water partition coefficient (Wildman–Crippen LogP) is 6.99. The zero-order chi connectivity index (χ0) is 33.0. The van der Waals surface area contributed by atoms with Crippen LogP contribution in [0, 0.1) is 18.6 Å². The number of thioether (sulfide) groups is 1. The standard InChI is InChI=1S/C30H23F5N6O4S/c1-3-44-24-10-4-17(2)12-23(24)41-26(42)15-46-29(41)38-28(43)37-27-21(31)13-18(14-22(27)32)5-11-25-36-16-40(39-25)19-6-8-20(9-7-19)45-30(33,34)35/h4-14,16H,3,15H2,1-2H3,(H,37,43)/b11-5+,38-29-. The third kappa shape index (κ3) is 7.69. The summed E-state index contributed by atoms with van der Waals surface area (Å²) >= 11 is 0.996. The molecule has 0 spiro atoms. The number of carbonyl (C=O) groups is 2. The SMILES string of the molecule is CCOc1ccc(C)cc1N1C(=O)CS/C1=N\C(=O)Nc1c(F)cc(/C=C/c2ncn(-c3ccc(OC(F)(F)F)cc3)n2)cc1F. The average Bonchev–Trinajstić information content (AvgIpc) is 3.61. The molecule has 0 atom stereocenters. The van der Waals surface area contributed by atoms with Crippen molar-refractivity contribution in [3.8, 4) is 17.2 Å². The van der Waals surface area contributed by atoms with Crippen LogP contribution >= 0.6 is 11.8 Å². The third-order valence-electron chi connectivity index (χ3n) is 6.18. The third-order valence-corrected chi connectivity index (χ3v) is 7.11. The highest BCUT2D eigenvalue weighted by Gasteiger charge is 2.33. The number of aliphatic imine (C=N–C) groups is 1. The zero-order valence-electron chi connectivity index (χ0n) is 24.0. The Kier molecular flexibility index (Phi) is 9.36. The van der Waals surface area contributed by atoms with Gasteiger partial charge in [0.2, 0.25) is 5.91 Å².